The molecule has 1 aliphatic rings. The summed E-state index contributed by atoms with van der Waals surface area (Å²) in [4.78, 5) is 31.0. The van der Waals surface area contributed by atoms with Gasteiger partial charge in [0.25, 0.3) is 8.53 Å². The molecule has 1 N–H and O–H groups in total. The quantitative estimate of drug-likeness (QED) is 0.0485. The van der Waals surface area contributed by atoms with E-state index in [0.717, 1.165) is 23.1 Å². The van der Waals surface area contributed by atoms with Gasteiger partial charge < -0.3 is 33.3 Å². The van der Waals surface area contributed by atoms with Crippen molar-refractivity contribution in [2.75, 3.05) is 32.8 Å². The highest BCUT2D eigenvalue weighted by atomic mass is 31.2. The summed E-state index contributed by atoms with van der Waals surface area (Å²) in [7, 11) is 1.57. The third-order valence-corrected chi connectivity index (χ3v) is 12.8. The number of benzene rings is 3. The summed E-state index contributed by atoms with van der Waals surface area (Å²) in [6.45, 7) is 17.0. The van der Waals surface area contributed by atoms with Crippen LogP contribution in [0.2, 0.25) is 0 Å². The van der Waals surface area contributed by atoms with Crippen LogP contribution in [0.15, 0.2) is 95.9 Å². The topological polar surface area (TPSA) is 146 Å². The maximum Gasteiger partial charge on any atom is 0.351 e. The van der Waals surface area contributed by atoms with Crippen LogP contribution >= 0.6 is 8.53 Å². The molecule has 0 spiro atoms. The van der Waals surface area contributed by atoms with Crippen LogP contribution in [0.25, 0.3) is 0 Å². The van der Waals surface area contributed by atoms with Crippen molar-refractivity contribution in [2.24, 2.45) is 11.3 Å². The zero-order valence-electron chi connectivity index (χ0n) is 37.9. The van der Waals surface area contributed by atoms with E-state index in [9.17, 15) is 14.9 Å². The fourth-order valence-corrected chi connectivity index (χ4v) is 9.91. The maximum absolute atomic E-state index is 13.8. The van der Waals surface area contributed by atoms with E-state index in [2.05, 4.69) is 69.5 Å². The monoisotopic (exact) mass is 869 g/mol. The number of anilines is 1. The van der Waals surface area contributed by atoms with Crippen molar-refractivity contribution < 1.29 is 32.8 Å². The lowest BCUT2D eigenvalue weighted by molar-refractivity contribution is -0.117. The van der Waals surface area contributed by atoms with E-state index in [-0.39, 0.29) is 61.2 Å². The lowest BCUT2D eigenvalue weighted by Crippen LogP contribution is -2.39. The first-order valence-electron chi connectivity index (χ1n) is 21.4. The third-order valence-electron chi connectivity index (χ3n) is 10.6. The first kappa shape index (κ1) is 48.4. The molecule has 14 heteroatoms. The van der Waals surface area contributed by atoms with Gasteiger partial charge in [-0.25, -0.2) is 9.46 Å². The Balaban J connectivity index is 1.53. The van der Waals surface area contributed by atoms with Gasteiger partial charge in [-0.05, 0) is 92.5 Å². The molecule has 13 nitrogen and oxygen atoms in total. The summed E-state index contributed by atoms with van der Waals surface area (Å²) in [5.41, 5.74) is 0.931. The minimum atomic E-state index is -1.69. The van der Waals surface area contributed by atoms with Crippen LogP contribution in [0.3, 0.4) is 0 Å². The van der Waals surface area contributed by atoms with Gasteiger partial charge in [-0.2, -0.15) is 10.2 Å². The van der Waals surface area contributed by atoms with Gasteiger partial charge >= 0.3 is 5.69 Å². The van der Waals surface area contributed by atoms with Crippen molar-refractivity contribution in [2.45, 2.75) is 117 Å². The van der Waals surface area contributed by atoms with Gasteiger partial charge in [0.15, 0.2) is 0 Å². The van der Waals surface area contributed by atoms with Crippen LogP contribution in [0.4, 0.5) is 5.82 Å². The van der Waals surface area contributed by atoms with Gasteiger partial charge in [-0.15, -0.1) is 0 Å². The number of nitrogens with zero attached hydrogens (tertiary/aromatic N) is 4. The average molecular weight is 870 g/mol. The SMILES string of the molecule is COc1ccc(C(OCC2OC(n3ccc(NC(=O)CC(C)CC(C)(C)C)nc3=O)CC2OP(OCCC#N)N(C(C)C)C(C)C)(c2ccccc2)c2ccc(OC)cc2)cc1. The van der Waals surface area contributed by atoms with Crippen LogP contribution < -0.4 is 20.5 Å². The van der Waals surface area contributed by atoms with Gasteiger partial charge in [-0.3, -0.25) is 9.36 Å². The van der Waals surface area contributed by atoms with Crippen molar-refractivity contribution in [3.8, 4) is 17.6 Å². The summed E-state index contributed by atoms with van der Waals surface area (Å²) in [6, 6.07) is 29.5. The second-order valence-corrected chi connectivity index (χ2v) is 18.9. The number of rotatable bonds is 21. The molecule has 334 valence electrons. The molecule has 3 aromatic carbocycles. The molecule has 62 heavy (non-hydrogen) atoms. The Hall–Kier alpha value is -4.67. The molecule has 0 saturated carbocycles. The van der Waals surface area contributed by atoms with Crippen LogP contribution in [0.5, 0.6) is 11.5 Å². The Bertz CT molecular complexity index is 2060. The summed E-state index contributed by atoms with van der Waals surface area (Å²) in [6.07, 6.45) is 1.14. The van der Waals surface area contributed by atoms with Crippen molar-refractivity contribution in [3.63, 3.8) is 0 Å². The molecule has 4 aromatic rings. The van der Waals surface area contributed by atoms with E-state index in [4.69, 9.17) is 28.0 Å². The highest BCUT2D eigenvalue weighted by Crippen LogP contribution is 2.50. The average Bonchev–Trinajstić information content (AvgIpc) is 3.62. The Morgan fingerprint density at radius 1 is 0.919 bits per heavy atom. The first-order valence-corrected chi connectivity index (χ1v) is 22.5. The van der Waals surface area contributed by atoms with Crippen LogP contribution in [-0.4, -0.2) is 71.9 Å². The predicted octanol–water partition coefficient (Wildman–Crippen LogP) is 9.62. The first-order chi connectivity index (χ1) is 29.6. The van der Waals surface area contributed by atoms with E-state index < -0.39 is 38.3 Å². The van der Waals surface area contributed by atoms with Crippen molar-refractivity contribution in [1.82, 2.24) is 14.2 Å². The molecule has 5 rings (SSSR count). The number of carbonyl (C=O) groups is 1. The molecule has 0 radical (unpaired) electrons. The number of nitrogens with one attached hydrogen (secondary N) is 1. The molecule has 1 amide bonds. The molecular formula is C48H64N5O8P. The van der Waals surface area contributed by atoms with Gasteiger partial charge in [0, 0.05) is 31.1 Å². The molecule has 1 aromatic heterocycles. The number of amides is 1. The second kappa shape index (κ2) is 22.1. The van der Waals surface area contributed by atoms with E-state index in [1.165, 1.54) is 4.57 Å². The number of nitriles is 1. The normalized spacial score (nSPS) is 17.8. The lowest BCUT2D eigenvalue weighted by Gasteiger charge is -2.39. The van der Waals surface area contributed by atoms with Crippen molar-refractivity contribution >= 4 is 20.3 Å². The molecule has 5 atom stereocenters. The van der Waals surface area contributed by atoms with Crippen molar-refractivity contribution in [1.29, 1.82) is 5.26 Å². The third kappa shape index (κ3) is 12.5. The number of carbonyl (C=O) groups excluding carboxylic acids is 1. The largest absolute Gasteiger partial charge is 0.497 e. The summed E-state index contributed by atoms with van der Waals surface area (Å²) >= 11 is 0. The zero-order chi connectivity index (χ0) is 45.0. The fourth-order valence-electron chi connectivity index (χ4n) is 8.15. The lowest BCUT2D eigenvalue weighted by atomic mass is 9.80. The highest BCUT2D eigenvalue weighted by molar-refractivity contribution is 7.44. The zero-order valence-corrected chi connectivity index (χ0v) is 38.8. The smallest absolute Gasteiger partial charge is 0.351 e. The number of hydrogen-bond donors (Lipinski definition) is 1. The molecular weight excluding hydrogens is 806 g/mol. The van der Waals surface area contributed by atoms with E-state index in [1.807, 2.05) is 85.8 Å². The van der Waals surface area contributed by atoms with Crippen LogP contribution in [-0.2, 0) is 28.9 Å². The Labute approximate surface area is 368 Å². The van der Waals surface area contributed by atoms with E-state index in [0.29, 0.717) is 17.9 Å². The molecule has 0 bridgehead atoms. The second-order valence-electron chi connectivity index (χ2n) is 17.5. The Kier molecular flexibility index (Phi) is 17.2. The fraction of sp³-hybridized carbons (Fsp3) is 0.500. The van der Waals surface area contributed by atoms with Gasteiger partial charge in [0.1, 0.15) is 35.2 Å². The highest BCUT2D eigenvalue weighted by Gasteiger charge is 2.45. The van der Waals surface area contributed by atoms with Gasteiger partial charge in [0.2, 0.25) is 5.91 Å². The summed E-state index contributed by atoms with van der Waals surface area (Å²) < 4.78 is 42.1. The molecule has 1 aliphatic heterocycles. The standard InChI is InChI=1S/C48H64N5O8P/c1-33(2)53(34(3)4)62(59-28-14-26-49)61-41-30-45(52-27-25-43(51-46(52)55)50-44(54)29-35(5)31-47(6,7)8)60-42(41)32-58-48(36-15-12-11-13-16-36,37-17-21-39(56-9)22-18-37)38-19-23-40(57-10)24-20-38/h11-13,15-25,27,33-35,41-42,45H,14,28-32H2,1-10H3,(H,50,51,54,55). The number of ether oxygens (including phenoxy) is 4. The maximum atomic E-state index is 13.8. The van der Waals surface area contributed by atoms with Gasteiger partial charge in [-0.1, -0.05) is 82.3 Å². The van der Waals surface area contributed by atoms with Crippen LogP contribution in [0.1, 0.15) is 104 Å². The van der Waals surface area contributed by atoms with Crippen molar-refractivity contribution in [3.05, 3.63) is 118 Å². The van der Waals surface area contributed by atoms with Gasteiger partial charge in [0.05, 0.1) is 46.0 Å². The van der Waals surface area contributed by atoms with Crippen LogP contribution in [0, 0.1) is 22.7 Å². The molecule has 1 saturated heterocycles. The van der Waals surface area contributed by atoms with E-state index >= 15 is 0 Å². The molecule has 0 aliphatic carbocycles. The minimum absolute atomic E-state index is 0.0297. The molecule has 5 unspecified atom stereocenters. The number of hydrogen-bond acceptors (Lipinski definition) is 11. The predicted molar refractivity (Wildman–Crippen MR) is 242 cm³/mol. The minimum Gasteiger partial charge on any atom is -0.497 e. The summed E-state index contributed by atoms with van der Waals surface area (Å²) in [5.74, 6) is 1.53. The number of methoxy groups -OCH3 is 2. The van der Waals surface area contributed by atoms with E-state index in [1.54, 1.807) is 26.5 Å². The number of aromatic nitrogens is 2. The Morgan fingerprint density at radius 2 is 1.50 bits per heavy atom. The summed E-state index contributed by atoms with van der Waals surface area (Å²) in [5, 5.41) is 12.2. The molecule has 1 fully saturated rings. The molecule has 2 heterocycles. The Morgan fingerprint density at radius 3 is 2.02 bits per heavy atom.